The van der Waals surface area contributed by atoms with Gasteiger partial charge in [-0.25, -0.2) is 0 Å². The number of likely N-dealkylation sites (tertiary alicyclic amines) is 2. The second-order valence-corrected chi connectivity index (χ2v) is 10.8. The van der Waals surface area contributed by atoms with Crippen LogP contribution in [0.2, 0.25) is 0 Å². The van der Waals surface area contributed by atoms with Crippen LogP contribution in [0.15, 0.2) is 60.7 Å². The Bertz CT molecular complexity index is 678. The third-order valence-electron chi connectivity index (χ3n) is 8.14. The molecule has 33 heavy (non-hydrogen) atoms. The van der Waals surface area contributed by atoms with E-state index in [1.165, 1.54) is 108 Å². The first kappa shape index (κ1) is 24.5. The monoisotopic (exact) mass is 446 g/mol. The van der Waals surface area contributed by atoms with E-state index in [1.807, 2.05) is 0 Å². The minimum atomic E-state index is 0.984. The van der Waals surface area contributed by atoms with E-state index in [0.29, 0.717) is 0 Å². The second kappa shape index (κ2) is 13.9. The summed E-state index contributed by atoms with van der Waals surface area (Å²) in [4.78, 5) is 5.30. The minimum absolute atomic E-state index is 0.984. The number of nitrogens with zero attached hydrogens (tertiary/aromatic N) is 2. The van der Waals surface area contributed by atoms with Gasteiger partial charge in [0, 0.05) is 13.1 Å². The molecule has 2 heterocycles. The number of piperidine rings is 2. The summed E-state index contributed by atoms with van der Waals surface area (Å²) < 4.78 is 0. The van der Waals surface area contributed by atoms with Gasteiger partial charge < -0.3 is 0 Å². The van der Waals surface area contributed by atoms with E-state index in [4.69, 9.17) is 0 Å². The number of benzene rings is 2. The van der Waals surface area contributed by atoms with Gasteiger partial charge in [-0.1, -0.05) is 106 Å². The van der Waals surface area contributed by atoms with Crippen LogP contribution in [0.5, 0.6) is 0 Å². The summed E-state index contributed by atoms with van der Waals surface area (Å²) in [5, 5.41) is 0. The molecule has 2 aromatic rings. The Morgan fingerprint density at radius 1 is 0.485 bits per heavy atom. The third-order valence-corrected chi connectivity index (χ3v) is 8.14. The molecule has 0 bridgehead atoms. The second-order valence-electron chi connectivity index (χ2n) is 10.8. The molecule has 0 spiro atoms. The first-order valence-electron chi connectivity index (χ1n) is 13.9. The van der Waals surface area contributed by atoms with Crippen molar-refractivity contribution in [2.75, 3.05) is 26.2 Å². The van der Waals surface area contributed by atoms with Crippen molar-refractivity contribution >= 4 is 0 Å². The molecule has 0 unspecified atom stereocenters. The predicted molar refractivity (Wildman–Crippen MR) is 141 cm³/mol. The molecule has 2 saturated heterocycles. The van der Waals surface area contributed by atoms with E-state index in [1.54, 1.807) is 0 Å². The van der Waals surface area contributed by atoms with Crippen LogP contribution in [0.3, 0.4) is 0 Å². The molecule has 2 heteroatoms. The Balaban J connectivity index is 0.967. The maximum atomic E-state index is 2.65. The van der Waals surface area contributed by atoms with Crippen LogP contribution in [0.1, 0.15) is 81.8 Å². The standard InChI is InChI=1S/C31H46N2/c1(2-6-12-28-18-22-32(23-19-28)26-30-14-8-4-9-15-30)3-7-13-29-20-24-33(25-21-29)27-31-16-10-5-11-17-31/h4-5,8-11,14-17,28-29H,1-3,6-7,12-13,18-27H2. The van der Waals surface area contributed by atoms with Crippen molar-refractivity contribution < 1.29 is 0 Å². The zero-order valence-corrected chi connectivity index (χ0v) is 20.8. The van der Waals surface area contributed by atoms with E-state index < -0.39 is 0 Å². The zero-order valence-electron chi connectivity index (χ0n) is 20.8. The average molecular weight is 447 g/mol. The van der Waals surface area contributed by atoms with Crippen molar-refractivity contribution in [2.24, 2.45) is 11.8 Å². The number of hydrogen-bond acceptors (Lipinski definition) is 2. The number of unbranched alkanes of at least 4 members (excludes halogenated alkanes) is 4. The van der Waals surface area contributed by atoms with Gasteiger partial charge in [0.2, 0.25) is 0 Å². The zero-order chi connectivity index (χ0) is 22.6. The smallest absolute Gasteiger partial charge is 0.0233 e. The quantitative estimate of drug-likeness (QED) is 0.311. The molecule has 2 fully saturated rings. The lowest BCUT2D eigenvalue weighted by molar-refractivity contribution is 0.169. The average Bonchev–Trinajstić information content (AvgIpc) is 2.87. The maximum absolute atomic E-state index is 2.65. The van der Waals surface area contributed by atoms with Gasteiger partial charge in [0.1, 0.15) is 0 Å². The lowest BCUT2D eigenvalue weighted by Crippen LogP contribution is -2.33. The maximum Gasteiger partial charge on any atom is 0.0233 e. The summed E-state index contributed by atoms with van der Waals surface area (Å²) in [6.45, 7) is 7.46. The fraction of sp³-hybridized carbons (Fsp3) is 0.613. The molecule has 0 N–H and O–H groups in total. The van der Waals surface area contributed by atoms with E-state index >= 15 is 0 Å². The normalized spacial score (nSPS) is 19.2. The molecule has 0 saturated carbocycles. The van der Waals surface area contributed by atoms with E-state index in [2.05, 4.69) is 70.5 Å². The van der Waals surface area contributed by atoms with Crippen molar-refractivity contribution in [3.8, 4) is 0 Å². The van der Waals surface area contributed by atoms with Gasteiger partial charge in [0.25, 0.3) is 0 Å². The Labute approximate surface area is 203 Å². The predicted octanol–water partition coefficient (Wildman–Crippen LogP) is 7.54. The molecule has 2 aromatic carbocycles. The summed E-state index contributed by atoms with van der Waals surface area (Å²) in [7, 11) is 0. The molecule has 180 valence electrons. The van der Waals surface area contributed by atoms with Crippen LogP contribution < -0.4 is 0 Å². The van der Waals surface area contributed by atoms with Gasteiger partial charge in [-0.15, -0.1) is 0 Å². The van der Waals surface area contributed by atoms with Crippen LogP contribution in [-0.4, -0.2) is 36.0 Å². The highest BCUT2D eigenvalue weighted by Gasteiger charge is 2.20. The van der Waals surface area contributed by atoms with Crippen LogP contribution in [-0.2, 0) is 13.1 Å². The Morgan fingerprint density at radius 3 is 1.24 bits per heavy atom. The third kappa shape index (κ3) is 8.91. The first-order valence-corrected chi connectivity index (χ1v) is 13.9. The first-order chi connectivity index (χ1) is 16.3. The SMILES string of the molecule is c1ccc(CN2CCC(CCCCCCCC3CCN(Cc4ccccc4)CC3)CC2)cc1. The van der Waals surface area contributed by atoms with Gasteiger partial charge in [-0.2, -0.15) is 0 Å². The molecule has 4 rings (SSSR count). The molecule has 0 atom stereocenters. The van der Waals surface area contributed by atoms with E-state index in [0.717, 1.165) is 24.9 Å². The molecular weight excluding hydrogens is 400 g/mol. The van der Waals surface area contributed by atoms with Gasteiger partial charge in [-0.05, 0) is 74.8 Å². The van der Waals surface area contributed by atoms with Crippen LogP contribution in [0.4, 0.5) is 0 Å². The van der Waals surface area contributed by atoms with Crippen molar-refractivity contribution in [1.29, 1.82) is 0 Å². The summed E-state index contributed by atoms with van der Waals surface area (Å²) in [6, 6.07) is 22.0. The topological polar surface area (TPSA) is 6.48 Å². The lowest BCUT2D eigenvalue weighted by Gasteiger charge is -2.32. The van der Waals surface area contributed by atoms with Crippen LogP contribution in [0, 0.1) is 11.8 Å². The highest BCUT2D eigenvalue weighted by atomic mass is 15.1. The van der Waals surface area contributed by atoms with Crippen molar-refractivity contribution in [1.82, 2.24) is 9.80 Å². The molecule has 0 aromatic heterocycles. The van der Waals surface area contributed by atoms with E-state index in [-0.39, 0.29) is 0 Å². The summed E-state index contributed by atoms with van der Waals surface area (Å²) in [5.41, 5.74) is 2.93. The molecule has 0 aliphatic carbocycles. The van der Waals surface area contributed by atoms with Crippen LogP contribution >= 0.6 is 0 Å². The van der Waals surface area contributed by atoms with Crippen molar-refractivity contribution in [2.45, 2.75) is 83.7 Å². The van der Waals surface area contributed by atoms with E-state index in [9.17, 15) is 0 Å². The Morgan fingerprint density at radius 2 is 0.848 bits per heavy atom. The molecule has 2 aliphatic rings. The largest absolute Gasteiger partial charge is 0.299 e. The highest BCUT2D eigenvalue weighted by Crippen LogP contribution is 2.26. The van der Waals surface area contributed by atoms with Gasteiger partial charge >= 0.3 is 0 Å². The highest BCUT2D eigenvalue weighted by molar-refractivity contribution is 5.15. The molecule has 0 amide bonds. The summed E-state index contributed by atoms with van der Waals surface area (Å²) >= 11 is 0. The van der Waals surface area contributed by atoms with Crippen LogP contribution in [0.25, 0.3) is 0 Å². The molecule has 0 radical (unpaired) electrons. The summed E-state index contributed by atoms with van der Waals surface area (Å²) in [6.07, 6.45) is 15.9. The molecule has 2 nitrogen and oxygen atoms in total. The Hall–Kier alpha value is -1.64. The van der Waals surface area contributed by atoms with Crippen molar-refractivity contribution in [3.05, 3.63) is 71.8 Å². The number of rotatable bonds is 12. The Kier molecular flexibility index (Phi) is 10.3. The summed E-state index contributed by atoms with van der Waals surface area (Å²) in [5.74, 6) is 1.97. The fourth-order valence-electron chi connectivity index (χ4n) is 5.95. The minimum Gasteiger partial charge on any atom is -0.299 e. The van der Waals surface area contributed by atoms with Crippen molar-refractivity contribution in [3.63, 3.8) is 0 Å². The molecule has 2 aliphatic heterocycles. The lowest BCUT2D eigenvalue weighted by atomic mass is 9.89. The fourth-order valence-corrected chi connectivity index (χ4v) is 5.95. The number of hydrogen-bond donors (Lipinski definition) is 0. The van der Waals surface area contributed by atoms with Gasteiger partial charge in [-0.3, -0.25) is 9.80 Å². The molecular formula is C31H46N2. The van der Waals surface area contributed by atoms with Gasteiger partial charge in [0.05, 0.1) is 0 Å². The van der Waals surface area contributed by atoms with Gasteiger partial charge in [0.15, 0.2) is 0 Å².